The van der Waals surface area contributed by atoms with Gasteiger partial charge in [0.2, 0.25) is 0 Å². The van der Waals surface area contributed by atoms with Crippen molar-refractivity contribution in [2.75, 3.05) is 0 Å². The highest BCUT2D eigenvalue weighted by atomic mass is 16.3. The third-order valence-electron chi connectivity index (χ3n) is 1.76. The molecule has 0 atom stereocenters. The van der Waals surface area contributed by atoms with Crippen LogP contribution < -0.4 is 5.66 Å². The lowest BCUT2D eigenvalue weighted by molar-refractivity contribution is 0.650. The van der Waals surface area contributed by atoms with E-state index in [9.17, 15) is 0 Å². The molecule has 2 aromatic rings. The highest BCUT2D eigenvalue weighted by Crippen LogP contribution is 2.16. The molecule has 1 heterocycles. The molecule has 0 aliphatic rings. The smallest absolute Gasteiger partial charge is 0.167 e. The third kappa shape index (κ3) is 0.948. The molecule has 1 aromatic heterocycles. The van der Waals surface area contributed by atoms with Gasteiger partial charge in [0.25, 0.3) is 0 Å². The third-order valence-corrected chi connectivity index (χ3v) is 1.76. The fourth-order valence-corrected chi connectivity index (χ4v) is 1.23. The first kappa shape index (κ1) is 6.53. The lowest BCUT2D eigenvalue weighted by Gasteiger charge is -1.91. The first-order valence-corrected chi connectivity index (χ1v) is 3.52. The van der Waals surface area contributed by atoms with Crippen LogP contribution in [0.2, 0.25) is 0 Å². The van der Waals surface area contributed by atoms with Gasteiger partial charge in [0.05, 0.1) is 0 Å². The molecule has 52 valence electrons. The first-order chi connectivity index (χ1) is 5.27. The Balaban J connectivity index is 2.90. The van der Waals surface area contributed by atoms with Crippen LogP contribution in [0, 0.1) is 6.92 Å². The molecule has 2 radical (unpaired) electrons. The van der Waals surface area contributed by atoms with Crippen molar-refractivity contribution in [3.8, 4) is 0 Å². The zero-order valence-electron chi connectivity index (χ0n) is 6.29. The van der Waals surface area contributed by atoms with E-state index in [-0.39, 0.29) is 0 Å². The Morgan fingerprint density at radius 3 is 2.91 bits per heavy atom. The number of furan rings is 1. The Bertz CT molecular complexity index is 389. The van der Waals surface area contributed by atoms with Gasteiger partial charge in [0, 0.05) is 11.0 Å². The average Bonchev–Trinajstić information content (AvgIpc) is 2.31. The van der Waals surface area contributed by atoms with Crippen LogP contribution in [0.1, 0.15) is 5.56 Å². The van der Waals surface area contributed by atoms with E-state index >= 15 is 0 Å². The molecule has 0 saturated carbocycles. The van der Waals surface area contributed by atoms with Crippen molar-refractivity contribution in [1.29, 1.82) is 0 Å². The molecule has 0 saturated heterocycles. The lowest BCUT2D eigenvalue weighted by atomic mass is 10.1. The molecule has 0 bridgehead atoms. The molecule has 0 amide bonds. The van der Waals surface area contributed by atoms with Crippen LogP contribution in [0.25, 0.3) is 11.0 Å². The molecular weight excluding hydrogens is 135 g/mol. The van der Waals surface area contributed by atoms with Crippen molar-refractivity contribution < 1.29 is 4.42 Å². The summed E-state index contributed by atoms with van der Waals surface area (Å²) in [5.41, 5.74) is 2.50. The maximum absolute atomic E-state index is 5.49. The van der Waals surface area contributed by atoms with Crippen LogP contribution in [-0.4, -0.2) is 7.85 Å². The Morgan fingerprint density at radius 2 is 2.18 bits per heavy atom. The number of aryl methyl sites for hydroxylation is 1. The number of rotatable bonds is 0. The van der Waals surface area contributed by atoms with Crippen molar-refractivity contribution in [3.63, 3.8) is 0 Å². The molecular formula is C9H7BO. The summed E-state index contributed by atoms with van der Waals surface area (Å²) in [5, 5.41) is 1.07. The number of para-hydroxylation sites is 1. The molecule has 0 N–H and O–H groups in total. The van der Waals surface area contributed by atoms with Crippen LogP contribution in [0.5, 0.6) is 0 Å². The van der Waals surface area contributed by atoms with E-state index in [1.54, 1.807) is 0 Å². The van der Waals surface area contributed by atoms with E-state index in [0.717, 1.165) is 16.5 Å². The number of benzene rings is 1. The number of hydrogen-bond acceptors (Lipinski definition) is 1. The molecule has 2 heteroatoms. The molecule has 0 fully saturated rings. The predicted molar refractivity (Wildman–Crippen MR) is 46.3 cm³/mol. The van der Waals surface area contributed by atoms with Gasteiger partial charge in [-0.05, 0) is 18.6 Å². The maximum atomic E-state index is 5.49. The van der Waals surface area contributed by atoms with Crippen molar-refractivity contribution >= 4 is 24.5 Å². The van der Waals surface area contributed by atoms with Crippen molar-refractivity contribution in [2.24, 2.45) is 0 Å². The minimum Gasteiger partial charge on any atom is -0.473 e. The van der Waals surface area contributed by atoms with E-state index in [1.807, 2.05) is 31.2 Å². The van der Waals surface area contributed by atoms with E-state index in [4.69, 9.17) is 12.3 Å². The monoisotopic (exact) mass is 142 g/mol. The van der Waals surface area contributed by atoms with Crippen molar-refractivity contribution in [2.45, 2.75) is 6.92 Å². The Morgan fingerprint density at radius 1 is 1.36 bits per heavy atom. The normalized spacial score (nSPS) is 10.6. The van der Waals surface area contributed by atoms with Gasteiger partial charge in [0.15, 0.2) is 7.85 Å². The van der Waals surface area contributed by atoms with E-state index in [1.165, 1.54) is 0 Å². The summed E-state index contributed by atoms with van der Waals surface area (Å²) in [4.78, 5) is 0. The highest BCUT2D eigenvalue weighted by Gasteiger charge is 2.00. The SMILES string of the molecule is [B]c1cc2cccc(C)c2o1. The molecule has 1 nitrogen and oxygen atoms in total. The summed E-state index contributed by atoms with van der Waals surface area (Å²) in [6.45, 7) is 2.01. The first-order valence-electron chi connectivity index (χ1n) is 3.52. The standard InChI is InChI=1S/C9H7BO/c1-6-3-2-4-7-5-8(10)11-9(6)7/h2-5H,1H3. The van der Waals surface area contributed by atoms with E-state index in [0.29, 0.717) is 5.66 Å². The van der Waals surface area contributed by atoms with Gasteiger partial charge in [-0.3, -0.25) is 0 Å². The number of hydrogen-bond donors (Lipinski definition) is 0. The summed E-state index contributed by atoms with van der Waals surface area (Å²) in [7, 11) is 5.49. The van der Waals surface area contributed by atoms with Crippen LogP contribution in [0.4, 0.5) is 0 Å². The zero-order chi connectivity index (χ0) is 7.84. The van der Waals surface area contributed by atoms with Crippen LogP contribution >= 0.6 is 0 Å². The summed E-state index contributed by atoms with van der Waals surface area (Å²) < 4.78 is 5.28. The minimum absolute atomic E-state index is 0.481. The van der Waals surface area contributed by atoms with Crippen LogP contribution in [-0.2, 0) is 0 Å². The van der Waals surface area contributed by atoms with Crippen molar-refractivity contribution in [3.05, 3.63) is 29.8 Å². The fourth-order valence-electron chi connectivity index (χ4n) is 1.23. The highest BCUT2D eigenvalue weighted by molar-refractivity contribution is 6.31. The number of fused-ring (bicyclic) bond motifs is 1. The second kappa shape index (κ2) is 2.16. The summed E-state index contributed by atoms with van der Waals surface area (Å²) >= 11 is 0. The molecule has 0 unspecified atom stereocenters. The zero-order valence-corrected chi connectivity index (χ0v) is 6.29. The average molecular weight is 142 g/mol. The van der Waals surface area contributed by atoms with Crippen LogP contribution in [0.15, 0.2) is 28.7 Å². The van der Waals surface area contributed by atoms with Gasteiger partial charge in [-0.2, -0.15) is 0 Å². The fraction of sp³-hybridized carbons (Fsp3) is 0.111. The van der Waals surface area contributed by atoms with E-state index in [2.05, 4.69) is 0 Å². The topological polar surface area (TPSA) is 13.1 Å². The molecule has 0 aliphatic carbocycles. The summed E-state index contributed by atoms with van der Waals surface area (Å²) in [5.74, 6) is 0. The lowest BCUT2D eigenvalue weighted by Crippen LogP contribution is -1.92. The van der Waals surface area contributed by atoms with Gasteiger partial charge >= 0.3 is 0 Å². The molecule has 11 heavy (non-hydrogen) atoms. The van der Waals surface area contributed by atoms with Gasteiger partial charge in [-0.15, -0.1) is 0 Å². The summed E-state index contributed by atoms with van der Waals surface area (Å²) in [6.07, 6.45) is 0. The quantitative estimate of drug-likeness (QED) is 0.508. The largest absolute Gasteiger partial charge is 0.473 e. The second-order valence-electron chi connectivity index (χ2n) is 2.64. The van der Waals surface area contributed by atoms with Gasteiger partial charge in [-0.25, -0.2) is 0 Å². The van der Waals surface area contributed by atoms with E-state index < -0.39 is 0 Å². The minimum atomic E-state index is 0.481. The molecule has 0 aliphatic heterocycles. The molecule has 0 spiro atoms. The Labute approximate surface area is 66.4 Å². The van der Waals surface area contributed by atoms with Crippen molar-refractivity contribution in [1.82, 2.24) is 0 Å². The molecule has 2 rings (SSSR count). The van der Waals surface area contributed by atoms with Gasteiger partial charge in [0.1, 0.15) is 5.58 Å². The predicted octanol–water partition coefficient (Wildman–Crippen LogP) is 1.54. The maximum Gasteiger partial charge on any atom is 0.167 e. The Hall–Kier alpha value is -1.18. The second-order valence-corrected chi connectivity index (χ2v) is 2.64. The van der Waals surface area contributed by atoms with Crippen LogP contribution in [0.3, 0.4) is 0 Å². The molecule has 1 aromatic carbocycles. The Kier molecular flexibility index (Phi) is 1.28. The van der Waals surface area contributed by atoms with Gasteiger partial charge < -0.3 is 4.42 Å². The van der Waals surface area contributed by atoms with Gasteiger partial charge in [-0.1, -0.05) is 18.2 Å². The summed E-state index contributed by atoms with van der Waals surface area (Å²) in [6, 6.07) is 7.82.